The van der Waals surface area contributed by atoms with Crippen LogP contribution >= 0.6 is 0 Å². The number of rotatable bonds is 6. The van der Waals surface area contributed by atoms with Gasteiger partial charge in [-0.1, -0.05) is 0 Å². The maximum Gasteiger partial charge on any atom is 0.234 e. The van der Waals surface area contributed by atoms with Crippen molar-refractivity contribution in [2.24, 2.45) is 7.05 Å². The van der Waals surface area contributed by atoms with Gasteiger partial charge in [0.2, 0.25) is 11.7 Å². The maximum absolute atomic E-state index is 9.26. The molecule has 4 heterocycles. The fourth-order valence-electron chi connectivity index (χ4n) is 3.37. The lowest BCUT2D eigenvalue weighted by Crippen LogP contribution is -2.20. The second-order valence-corrected chi connectivity index (χ2v) is 6.85. The molecule has 28 heavy (non-hydrogen) atoms. The van der Waals surface area contributed by atoms with E-state index in [1.165, 1.54) is 0 Å². The summed E-state index contributed by atoms with van der Waals surface area (Å²) in [6.45, 7) is 4.86. The van der Waals surface area contributed by atoms with E-state index in [1.807, 2.05) is 42.9 Å². The Morgan fingerprint density at radius 3 is 3.00 bits per heavy atom. The van der Waals surface area contributed by atoms with Gasteiger partial charge in [-0.15, -0.1) is 0 Å². The van der Waals surface area contributed by atoms with Crippen molar-refractivity contribution >= 4 is 11.0 Å². The summed E-state index contributed by atoms with van der Waals surface area (Å²) in [5, 5.41) is 13.4. The van der Waals surface area contributed by atoms with Gasteiger partial charge in [-0.2, -0.15) is 5.26 Å². The first-order chi connectivity index (χ1) is 13.7. The van der Waals surface area contributed by atoms with Crippen LogP contribution in [-0.4, -0.2) is 51.9 Å². The van der Waals surface area contributed by atoms with Crippen LogP contribution in [0.1, 0.15) is 17.8 Å². The highest BCUT2D eigenvalue weighted by Gasteiger charge is 2.16. The number of fused-ring (bicyclic) bond motifs is 1. The molecule has 0 unspecified atom stereocenters. The van der Waals surface area contributed by atoms with Crippen molar-refractivity contribution in [3.05, 3.63) is 35.9 Å². The molecule has 3 aromatic rings. The lowest BCUT2D eigenvalue weighted by Gasteiger charge is -2.12. The molecule has 0 amide bonds. The molecular weight excluding hydrogens is 356 g/mol. The van der Waals surface area contributed by atoms with Gasteiger partial charge in [-0.3, -0.25) is 0 Å². The van der Waals surface area contributed by atoms with Crippen LogP contribution in [0.25, 0.3) is 22.3 Å². The van der Waals surface area contributed by atoms with E-state index in [-0.39, 0.29) is 11.9 Å². The molecule has 8 nitrogen and oxygen atoms in total. The Labute approximate surface area is 163 Å². The minimum Gasteiger partial charge on any atom is -0.475 e. The van der Waals surface area contributed by atoms with Gasteiger partial charge in [-0.05, 0) is 32.0 Å². The number of nitrogens with one attached hydrogen (secondary N) is 1. The quantitative estimate of drug-likeness (QED) is 0.655. The summed E-state index contributed by atoms with van der Waals surface area (Å²) in [6.07, 6.45) is 4.95. The topological polar surface area (TPSA) is 97.9 Å². The minimum absolute atomic E-state index is 0.140. The Balaban J connectivity index is 1.51. The average Bonchev–Trinajstić information content (AvgIpc) is 3.35. The third-order valence-electron chi connectivity index (χ3n) is 4.82. The third-order valence-corrected chi connectivity index (χ3v) is 4.82. The predicted molar refractivity (Wildman–Crippen MR) is 104 cm³/mol. The van der Waals surface area contributed by atoms with Crippen molar-refractivity contribution in [1.29, 1.82) is 5.26 Å². The van der Waals surface area contributed by atoms with Crippen LogP contribution in [0.2, 0.25) is 0 Å². The molecule has 0 aromatic carbocycles. The highest BCUT2D eigenvalue weighted by molar-refractivity contribution is 5.91. The SMILES string of the molecule is Cc1cc(-c2nc(C#N)nc3c2ccn3C)cnc1OCCO[C@@H]1CCNC1. The maximum atomic E-state index is 9.26. The van der Waals surface area contributed by atoms with Gasteiger partial charge in [-0.25, -0.2) is 15.0 Å². The zero-order chi connectivity index (χ0) is 19.5. The summed E-state index contributed by atoms with van der Waals surface area (Å²) in [4.78, 5) is 13.1. The number of ether oxygens (including phenoxy) is 2. The highest BCUT2D eigenvalue weighted by atomic mass is 16.5. The fraction of sp³-hybridized carbons (Fsp3) is 0.400. The lowest BCUT2D eigenvalue weighted by atomic mass is 10.1. The second-order valence-electron chi connectivity index (χ2n) is 6.85. The smallest absolute Gasteiger partial charge is 0.234 e. The van der Waals surface area contributed by atoms with E-state index in [9.17, 15) is 5.26 Å². The van der Waals surface area contributed by atoms with Crippen molar-refractivity contribution in [2.75, 3.05) is 26.3 Å². The largest absolute Gasteiger partial charge is 0.475 e. The van der Waals surface area contributed by atoms with Crippen LogP contribution < -0.4 is 10.1 Å². The Morgan fingerprint density at radius 2 is 2.25 bits per heavy atom. The zero-order valence-electron chi connectivity index (χ0n) is 16.0. The summed E-state index contributed by atoms with van der Waals surface area (Å²) in [5.41, 5.74) is 3.15. The first-order valence-corrected chi connectivity index (χ1v) is 9.31. The van der Waals surface area contributed by atoms with Crippen LogP contribution in [0.5, 0.6) is 5.88 Å². The number of hydrogen-bond acceptors (Lipinski definition) is 7. The van der Waals surface area contributed by atoms with Gasteiger partial charge in [0.05, 0.1) is 18.4 Å². The van der Waals surface area contributed by atoms with Crippen LogP contribution in [0.3, 0.4) is 0 Å². The summed E-state index contributed by atoms with van der Waals surface area (Å²) in [5.74, 6) is 0.719. The Bertz CT molecular complexity index is 1030. The molecule has 144 valence electrons. The van der Waals surface area contributed by atoms with E-state index >= 15 is 0 Å². The van der Waals surface area contributed by atoms with E-state index in [0.29, 0.717) is 24.8 Å². The highest BCUT2D eigenvalue weighted by Crippen LogP contribution is 2.28. The molecule has 1 aliphatic heterocycles. The lowest BCUT2D eigenvalue weighted by molar-refractivity contribution is 0.0445. The third kappa shape index (κ3) is 3.67. The van der Waals surface area contributed by atoms with Crippen molar-refractivity contribution in [2.45, 2.75) is 19.4 Å². The molecule has 0 spiro atoms. The molecule has 1 N–H and O–H groups in total. The minimum atomic E-state index is 0.140. The average molecular weight is 378 g/mol. The van der Waals surface area contributed by atoms with Crippen LogP contribution in [0.15, 0.2) is 24.5 Å². The summed E-state index contributed by atoms with van der Waals surface area (Å²) in [6, 6.07) is 5.95. The molecule has 1 aliphatic rings. The predicted octanol–water partition coefficient (Wildman–Crippen LogP) is 1.97. The van der Waals surface area contributed by atoms with Crippen LogP contribution in [0.4, 0.5) is 0 Å². The molecule has 0 aliphatic carbocycles. The standard InChI is InChI=1S/C20H22N6O2/c1-13-9-14(11-23-20(13)28-8-7-27-15-3-5-22-12-15)18-16-4-6-26(2)19(16)25-17(10-21)24-18/h4,6,9,11,15,22H,3,5,7-8,12H2,1-2H3/t15-/m1/s1. The van der Waals surface area contributed by atoms with E-state index < -0.39 is 0 Å². The number of hydrogen-bond donors (Lipinski definition) is 1. The van der Waals surface area contributed by atoms with Crippen molar-refractivity contribution in [1.82, 2.24) is 24.8 Å². The molecular formula is C20H22N6O2. The molecule has 8 heteroatoms. The van der Waals surface area contributed by atoms with Crippen LogP contribution in [-0.2, 0) is 11.8 Å². The molecule has 0 radical (unpaired) electrons. The van der Waals surface area contributed by atoms with Gasteiger partial charge in [0.25, 0.3) is 0 Å². The summed E-state index contributed by atoms with van der Waals surface area (Å²) in [7, 11) is 1.89. The summed E-state index contributed by atoms with van der Waals surface area (Å²) < 4.78 is 13.4. The number of nitriles is 1. The first-order valence-electron chi connectivity index (χ1n) is 9.31. The van der Waals surface area contributed by atoms with Gasteiger partial charge in [0.15, 0.2) is 0 Å². The van der Waals surface area contributed by atoms with Gasteiger partial charge >= 0.3 is 0 Å². The molecule has 1 saturated heterocycles. The molecule has 3 aromatic heterocycles. The Morgan fingerprint density at radius 1 is 1.36 bits per heavy atom. The van der Waals surface area contributed by atoms with E-state index in [1.54, 1.807) is 6.20 Å². The molecule has 0 bridgehead atoms. The normalized spacial score (nSPS) is 16.4. The van der Waals surface area contributed by atoms with E-state index in [4.69, 9.17) is 9.47 Å². The molecule has 1 fully saturated rings. The summed E-state index contributed by atoms with van der Waals surface area (Å²) >= 11 is 0. The zero-order valence-corrected chi connectivity index (χ0v) is 16.0. The van der Waals surface area contributed by atoms with Crippen molar-refractivity contribution in [3.8, 4) is 23.2 Å². The fourth-order valence-corrected chi connectivity index (χ4v) is 3.37. The van der Waals surface area contributed by atoms with Gasteiger partial charge in [0.1, 0.15) is 18.3 Å². The van der Waals surface area contributed by atoms with Crippen molar-refractivity contribution < 1.29 is 9.47 Å². The number of nitrogens with zero attached hydrogens (tertiary/aromatic N) is 5. The Kier molecular flexibility index (Phi) is 5.19. The molecule has 0 saturated carbocycles. The monoisotopic (exact) mass is 378 g/mol. The van der Waals surface area contributed by atoms with E-state index in [2.05, 4.69) is 20.3 Å². The second kappa shape index (κ2) is 7.92. The van der Waals surface area contributed by atoms with Crippen molar-refractivity contribution in [3.63, 3.8) is 0 Å². The Hall–Kier alpha value is -3.02. The number of pyridine rings is 1. The molecule has 4 rings (SSSR count). The first kappa shape index (κ1) is 18.3. The number of aromatic nitrogens is 4. The molecule has 1 atom stereocenters. The number of aryl methyl sites for hydroxylation is 2. The van der Waals surface area contributed by atoms with E-state index in [0.717, 1.165) is 41.7 Å². The van der Waals surface area contributed by atoms with Crippen LogP contribution in [0, 0.1) is 18.3 Å². The van der Waals surface area contributed by atoms with Gasteiger partial charge < -0.3 is 19.4 Å². The van der Waals surface area contributed by atoms with Gasteiger partial charge in [0, 0.05) is 42.5 Å².